The summed E-state index contributed by atoms with van der Waals surface area (Å²) >= 11 is 0. The standard InChI is InChI=1S/C10H11N5O2/c1-17-8-3-2-6(4-7(8)11)9(16)15-5-13-10(12)14-15/h2-5H,11H2,1H3,(H2,12,14). The van der Waals surface area contributed by atoms with Crippen molar-refractivity contribution in [3.8, 4) is 5.75 Å². The number of carbonyl (C=O) groups is 1. The molecule has 0 aliphatic rings. The van der Waals surface area contributed by atoms with Gasteiger partial charge in [0.05, 0.1) is 12.8 Å². The maximum atomic E-state index is 11.9. The molecule has 1 aromatic carbocycles. The van der Waals surface area contributed by atoms with Gasteiger partial charge in [-0.1, -0.05) is 0 Å². The van der Waals surface area contributed by atoms with Crippen LogP contribution in [0.25, 0.3) is 0 Å². The van der Waals surface area contributed by atoms with Crippen LogP contribution in [0.15, 0.2) is 24.5 Å². The number of nitrogens with zero attached hydrogens (tertiary/aromatic N) is 3. The third kappa shape index (κ3) is 2.03. The maximum absolute atomic E-state index is 11.9. The fraction of sp³-hybridized carbons (Fsp3) is 0.100. The summed E-state index contributed by atoms with van der Waals surface area (Å²) in [4.78, 5) is 15.6. The fourth-order valence-electron chi connectivity index (χ4n) is 1.37. The summed E-state index contributed by atoms with van der Waals surface area (Å²) < 4.78 is 6.05. The number of methoxy groups -OCH3 is 1. The molecule has 0 saturated heterocycles. The summed E-state index contributed by atoms with van der Waals surface area (Å²) in [7, 11) is 1.51. The zero-order valence-corrected chi connectivity index (χ0v) is 9.12. The number of aromatic nitrogens is 3. The number of carbonyl (C=O) groups excluding carboxylic acids is 1. The Kier molecular flexibility index (Phi) is 2.65. The predicted octanol–water partition coefficient (Wildman–Crippen LogP) is 0.140. The molecule has 2 aromatic rings. The maximum Gasteiger partial charge on any atom is 0.279 e. The van der Waals surface area contributed by atoms with Crippen LogP contribution in [-0.4, -0.2) is 27.8 Å². The summed E-state index contributed by atoms with van der Waals surface area (Å²) in [5, 5.41) is 3.72. The van der Waals surface area contributed by atoms with E-state index in [9.17, 15) is 4.79 Å². The molecule has 17 heavy (non-hydrogen) atoms. The van der Waals surface area contributed by atoms with Gasteiger partial charge in [-0.2, -0.15) is 4.68 Å². The van der Waals surface area contributed by atoms with Gasteiger partial charge in [-0.15, -0.1) is 5.10 Å². The van der Waals surface area contributed by atoms with Gasteiger partial charge in [-0.05, 0) is 18.2 Å². The van der Waals surface area contributed by atoms with Crippen molar-refractivity contribution in [2.45, 2.75) is 0 Å². The van der Waals surface area contributed by atoms with E-state index in [1.807, 2.05) is 0 Å². The van der Waals surface area contributed by atoms with Crippen LogP contribution in [0.5, 0.6) is 5.75 Å². The van der Waals surface area contributed by atoms with Gasteiger partial charge in [0.15, 0.2) is 0 Å². The van der Waals surface area contributed by atoms with E-state index in [1.165, 1.54) is 19.5 Å². The highest BCUT2D eigenvalue weighted by Crippen LogP contribution is 2.22. The molecular weight excluding hydrogens is 222 g/mol. The summed E-state index contributed by atoms with van der Waals surface area (Å²) in [5.74, 6) is 0.197. The number of nitrogens with two attached hydrogens (primary N) is 2. The third-order valence-corrected chi connectivity index (χ3v) is 2.19. The first-order chi connectivity index (χ1) is 8.11. The minimum atomic E-state index is -0.358. The van der Waals surface area contributed by atoms with Crippen molar-refractivity contribution in [1.29, 1.82) is 0 Å². The smallest absolute Gasteiger partial charge is 0.279 e. The van der Waals surface area contributed by atoms with E-state index < -0.39 is 0 Å². The van der Waals surface area contributed by atoms with Crippen LogP contribution in [0.3, 0.4) is 0 Å². The van der Waals surface area contributed by atoms with E-state index in [-0.39, 0.29) is 11.9 Å². The molecule has 0 amide bonds. The lowest BCUT2D eigenvalue weighted by Gasteiger charge is -2.05. The average molecular weight is 233 g/mol. The molecule has 4 N–H and O–H groups in total. The number of hydrogen-bond acceptors (Lipinski definition) is 6. The van der Waals surface area contributed by atoms with Gasteiger partial charge < -0.3 is 16.2 Å². The third-order valence-electron chi connectivity index (χ3n) is 2.19. The molecule has 0 aliphatic heterocycles. The number of nitrogen functional groups attached to an aromatic ring is 2. The molecule has 7 heteroatoms. The number of hydrogen-bond donors (Lipinski definition) is 2. The topological polar surface area (TPSA) is 109 Å². The minimum Gasteiger partial charge on any atom is -0.495 e. The Morgan fingerprint density at radius 2 is 2.18 bits per heavy atom. The van der Waals surface area contributed by atoms with Gasteiger partial charge in [0.2, 0.25) is 5.95 Å². The average Bonchev–Trinajstić information content (AvgIpc) is 2.75. The van der Waals surface area contributed by atoms with Crippen LogP contribution in [0.1, 0.15) is 10.4 Å². The molecular formula is C10H11N5O2. The van der Waals surface area contributed by atoms with E-state index in [0.29, 0.717) is 17.0 Å². The van der Waals surface area contributed by atoms with Gasteiger partial charge in [0.25, 0.3) is 5.91 Å². The number of benzene rings is 1. The van der Waals surface area contributed by atoms with Crippen molar-refractivity contribution in [3.63, 3.8) is 0 Å². The summed E-state index contributed by atoms with van der Waals surface area (Å²) in [6, 6.07) is 4.72. The Morgan fingerprint density at radius 1 is 1.41 bits per heavy atom. The first-order valence-electron chi connectivity index (χ1n) is 4.77. The second-order valence-corrected chi connectivity index (χ2v) is 3.31. The van der Waals surface area contributed by atoms with Crippen LogP contribution < -0.4 is 16.2 Å². The van der Waals surface area contributed by atoms with Crippen LogP contribution in [0.4, 0.5) is 11.6 Å². The van der Waals surface area contributed by atoms with Gasteiger partial charge in [0, 0.05) is 5.56 Å². The van der Waals surface area contributed by atoms with Gasteiger partial charge in [0.1, 0.15) is 12.1 Å². The summed E-state index contributed by atoms with van der Waals surface area (Å²) in [6.07, 6.45) is 1.25. The quantitative estimate of drug-likeness (QED) is 0.714. The molecule has 0 fully saturated rings. The summed E-state index contributed by atoms with van der Waals surface area (Å²) in [6.45, 7) is 0. The Bertz CT molecular complexity index is 564. The first-order valence-corrected chi connectivity index (χ1v) is 4.77. The second-order valence-electron chi connectivity index (χ2n) is 3.31. The largest absolute Gasteiger partial charge is 0.495 e. The molecule has 1 heterocycles. The van der Waals surface area contributed by atoms with Crippen molar-refractivity contribution in [2.75, 3.05) is 18.6 Å². The molecule has 0 spiro atoms. The van der Waals surface area contributed by atoms with E-state index >= 15 is 0 Å². The first kappa shape index (κ1) is 10.9. The molecule has 2 rings (SSSR count). The lowest BCUT2D eigenvalue weighted by atomic mass is 10.2. The minimum absolute atomic E-state index is 0.0415. The molecule has 7 nitrogen and oxygen atoms in total. The molecule has 88 valence electrons. The van der Waals surface area contributed by atoms with E-state index in [4.69, 9.17) is 16.2 Å². The fourth-order valence-corrected chi connectivity index (χ4v) is 1.37. The SMILES string of the molecule is COc1ccc(C(=O)n2cnc(N)n2)cc1N. The van der Waals surface area contributed by atoms with Crippen molar-refractivity contribution in [1.82, 2.24) is 14.8 Å². The second kappa shape index (κ2) is 4.12. The van der Waals surface area contributed by atoms with Crippen molar-refractivity contribution in [2.24, 2.45) is 0 Å². The monoisotopic (exact) mass is 233 g/mol. The number of anilines is 2. The van der Waals surface area contributed by atoms with Crippen LogP contribution in [-0.2, 0) is 0 Å². The van der Waals surface area contributed by atoms with Crippen molar-refractivity contribution in [3.05, 3.63) is 30.1 Å². The van der Waals surface area contributed by atoms with Crippen molar-refractivity contribution >= 4 is 17.5 Å². The van der Waals surface area contributed by atoms with Crippen LogP contribution in [0, 0.1) is 0 Å². The highest BCUT2D eigenvalue weighted by molar-refractivity contribution is 5.96. The van der Waals surface area contributed by atoms with Crippen molar-refractivity contribution < 1.29 is 9.53 Å². The Labute approximate surface area is 97.0 Å². The van der Waals surface area contributed by atoms with Crippen LogP contribution >= 0.6 is 0 Å². The van der Waals surface area contributed by atoms with E-state index in [1.54, 1.807) is 12.1 Å². The number of rotatable bonds is 2. The zero-order chi connectivity index (χ0) is 12.4. The molecule has 0 atom stereocenters. The van der Waals surface area contributed by atoms with E-state index in [0.717, 1.165) is 4.68 Å². The zero-order valence-electron chi connectivity index (χ0n) is 9.12. The van der Waals surface area contributed by atoms with Gasteiger partial charge in [-0.25, -0.2) is 4.98 Å². The Balaban J connectivity index is 2.35. The predicted molar refractivity (Wildman–Crippen MR) is 61.6 cm³/mol. The van der Waals surface area contributed by atoms with Gasteiger partial charge in [-0.3, -0.25) is 4.79 Å². The molecule has 0 radical (unpaired) electrons. The molecule has 0 aliphatic carbocycles. The Hall–Kier alpha value is -2.57. The highest BCUT2D eigenvalue weighted by atomic mass is 16.5. The van der Waals surface area contributed by atoms with Crippen LogP contribution in [0.2, 0.25) is 0 Å². The Morgan fingerprint density at radius 3 is 2.71 bits per heavy atom. The molecule has 1 aromatic heterocycles. The normalized spacial score (nSPS) is 10.2. The van der Waals surface area contributed by atoms with Gasteiger partial charge >= 0.3 is 0 Å². The lowest BCUT2D eigenvalue weighted by molar-refractivity contribution is 0.0945. The number of ether oxygens (including phenoxy) is 1. The molecule has 0 unspecified atom stereocenters. The molecule has 0 bridgehead atoms. The lowest BCUT2D eigenvalue weighted by Crippen LogP contribution is -2.13. The van der Waals surface area contributed by atoms with E-state index in [2.05, 4.69) is 10.1 Å². The summed E-state index contributed by atoms with van der Waals surface area (Å²) in [5.41, 5.74) is 11.8. The molecule has 0 saturated carbocycles. The highest BCUT2D eigenvalue weighted by Gasteiger charge is 2.12.